The first-order chi connectivity index (χ1) is 16.0. The third kappa shape index (κ3) is 5.60. The Balaban J connectivity index is 1.48. The molecule has 0 aliphatic heterocycles. The Hall–Kier alpha value is -3.63. The number of para-hydroxylation sites is 1. The van der Waals surface area contributed by atoms with Crippen molar-refractivity contribution >= 4 is 39.8 Å². The van der Waals surface area contributed by atoms with Crippen molar-refractivity contribution in [1.29, 1.82) is 0 Å². The number of nitrogens with zero attached hydrogens (tertiary/aromatic N) is 4. The molecule has 0 spiro atoms. The van der Waals surface area contributed by atoms with Gasteiger partial charge in [0.05, 0.1) is 12.0 Å². The zero-order chi connectivity index (χ0) is 23.2. The fourth-order valence-corrected chi connectivity index (χ4v) is 3.93. The van der Waals surface area contributed by atoms with Gasteiger partial charge in [-0.25, -0.2) is 5.43 Å². The minimum absolute atomic E-state index is 0.0729. The molecule has 8 nitrogen and oxygen atoms in total. The SMILES string of the molecule is O=C(CSc1nnc(-c2ccc(Br)cc2)n1-c1ccccc1)NN=Cc1ccc(O)c(O)c1. The van der Waals surface area contributed by atoms with Gasteiger partial charge in [-0.05, 0) is 48.0 Å². The summed E-state index contributed by atoms with van der Waals surface area (Å²) in [6, 6.07) is 21.7. The molecule has 0 fully saturated rings. The number of hydrogen-bond donors (Lipinski definition) is 3. The lowest BCUT2D eigenvalue weighted by Gasteiger charge is -2.10. The lowest BCUT2D eigenvalue weighted by molar-refractivity contribution is -0.118. The molecule has 0 aliphatic carbocycles. The Labute approximate surface area is 202 Å². The molecule has 1 heterocycles. The molecule has 166 valence electrons. The van der Waals surface area contributed by atoms with Crippen LogP contribution in [0.5, 0.6) is 11.5 Å². The Morgan fingerprint density at radius 1 is 1.03 bits per heavy atom. The lowest BCUT2D eigenvalue weighted by atomic mass is 10.2. The number of aromatic hydroxyl groups is 2. The molecule has 0 bridgehead atoms. The summed E-state index contributed by atoms with van der Waals surface area (Å²) in [5, 5.41) is 32.0. The van der Waals surface area contributed by atoms with Gasteiger partial charge in [-0.2, -0.15) is 5.10 Å². The molecule has 1 aromatic heterocycles. The van der Waals surface area contributed by atoms with Gasteiger partial charge in [-0.3, -0.25) is 9.36 Å². The first-order valence-corrected chi connectivity index (χ1v) is 11.5. The van der Waals surface area contributed by atoms with E-state index < -0.39 is 0 Å². The number of benzene rings is 3. The Morgan fingerprint density at radius 3 is 2.52 bits per heavy atom. The minimum Gasteiger partial charge on any atom is -0.504 e. The highest BCUT2D eigenvalue weighted by atomic mass is 79.9. The van der Waals surface area contributed by atoms with Crippen LogP contribution < -0.4 is 5.43 Å². The quantitative estimate of drug-likeness (QED) is 0.143. The van der Waals surface area contributed by atoms with Crippen LogP contribution in [-0.4, -0.2) is 42.9 Å². The zero-order valence-corrected chi connectivity index (χ0v) is 19.5. The second-order valence-electron chi connectivity index (χ2n) is 6.81. The van der Waals surface area contributed by atoms with Crippen LogP contribution in [0.15, 0.2) is 87.5 Å². The number of hydrogen-bond acceptors (Lipinski definition) is 7. The molecule has 0 aliphatic rings. The number of thioether (sulfide) groups is 1. The first kappa shape index (κ1) is 22.6. The number of nitrogens with one attached hydrogen (secondary N) is 1. The van der Waals surface area contributed by atoms with E-state index in [1.54, 1.807) is 6.07 Å². The Bertz CT molecular complexity index is 1290. The van der Waals surface area contributed by atoms with E-state index >= 15 is 0 Å². The fourth-order valence-electron chi connectivity index (χ4n) is 2.92. The topological polar surface area (TPSA) is 113 Å². The summed E-state index contributed by atoms with van der Waals surface area (Å²) >= 11 is 4.68. The monoisotopic (exact) mass is 523 g/mol. The van der Waals surface area contributed by atoms with Crippen molar-refractivity contribution in [3.8, 4) is 28.6 Å². The van der Waals surface area contributed by atoms with Gasteiger partial charge in [0.1, 0.15) is 0 Å². The van der Waals surface area contributed by atoms with E-state index in [1.807, 2.05) is 59.2 Å². The molecule has 3 N–H and O–H groups in total. The Kier molecular flexibility index (Phi) is 7.06. The summed E-state index contributed by atoms with van der Waals surface area (Å²) in [7, 11) is 0. The maximum atomic E-state index is 12.3. The number of rotatable bonds is 7. The Morgan fingerprint density at radius 2 is 1.79 bits per heavy atom. The molecule has 0 unspecified atom stereocenters. The number of aromatic nitrogens is 3. The van der Waals surface area contributed by atoms with E-state index in [-0.39, 0.29) is 23.2 Å². The van der Waals surface area contributed by atoms with Crippen LogP contribution in [-0.2, 0) is 4.79 Å². The van der Waals surface area contributed by atoms with Crippen LogP contribution >= 0.6 is 27.7 Å². The standard InChI is InChI=1S/C23H18BrN5O3S/c24-17-9-7-16(8-10-17)22-27-28-23(29(22)18-4-2-1-3-5-18)33-14-21(32)26-25-13-15-6-11-19(30)20(31)12-15/h1-13,30-31H,14H2,(H,26,32). The van der Waals surface area contributed by atoms with Crippen LogP contribution in [0, 0.1) is 0 Å². The average molecular weight is 524 g/mol. The average Bonchev–Trinajstić information content (AvgIpc) is 3.25. The minimum atomic E-state index is -0.327. The van der Waals surface area contributed by atoms with Gasteiger partial charge < -0.3 is 10.2 Å². The van der Waals surface area contributed by atoms with Gasteiger partial charge in [-0.15, -0.1) is 10.2 Å². The van der Waals surface area contributed by atoms with Crippen LogP contribution in [0.25, 0.3) is 17.1 Å². The van der Waals surface area contributed by atoms with E-state index in [1.165, 1.54) is 30.1 Å². The molecule has 4 rings (SSSR count). The molecule has 1 amide bonds. The summed E-state index contributed by atoms with van der Waals surface area (Å²) in [5.74, 6) is -0.0715. The van der Waals surface area contributed by atoms with Gasteiger partial charge in [0.2, 0.25) is 0 Å². The smallest absolute Gasteiger partial charge is 0.250 e. The van der Waals surface area contributed by atoms with E-state index in [9.17, 15) is 15.0 Å². The predicted molar refractivity (Wildman–Crippen MR) is 131 cm³/mol. The lowest BCUT2D eigenvalue weighted by Crippen LogP contribution is -2.20. The first-order valence-electron chi connectivity index (χ1n) is 9.75. The van der Waals surface area contributed by atoms with Gasteiger partial charge in [0.15, 0.2) is 22.5 Å². The van der Waals surface area contributed by atoms with Gasteiger partial charge in [0.25, 0.3) is 5.91 Å². The summed E-state index contributed by atoms with van der Waals surface area (Å²) in [4.78, 5) is 12.3. The summed E-state index contributed by atoms with van der Waals surface area (Å²) in [6.45, 7) is 0. The van der Waals surface area contributed by atoms with Gasteiger partial charge >= 0.3 is 0 Å². The van der Waals surface area contributed by atoms with Crippen LogP contribution in [0.1, 0.15) is 5.56 Å². The third-order valence-corrected chi connectivity index (χ3v) is 5.94. The summed E-state index contributed by atoms with van der Waals surface area (Å²) in [6.07, 6.45) is 1.37. The van der Waals surface area contributed by atoms with Gasteiger partial charge in [0, 0.05) is 15.7 Å². The van der Waals surface area contributed by atoms with Crippen LogP contribution in [0.3, 0.4) is 0 Å². The second-order valence-corrected chi connectivity index (χ2v) is 8.67. The van der Waals surface area contributed by atoms with Crippen LogP contribution in [0.2, 0.25) is 0 Å². The van der Waals surface area contributed by atoms with Crippen molar-refractivity contribution in [2.24, 2.45) is 5.10 Å². The normalized spacial score (nSPS) is 11.1. The van der Waals surface area contributed by atoms with Gasteiger partial charge in [-0.1, -0.05) is 58.0 Å². The summed E-state index contributed by atoms with van der Waals surface area (Å²) in [5.41, 5.74) is 4.75. The molecule has 0 radical (unpaired) electrons. The van der Waals surface area contributed by atoms with E-state index in [4.69, 9.17) is 0 Å². The summed E-state index contributed by atoms with van der Waals surface area (Å²) < 4.78 is 2.87. The molecule has 4 aromatic rings. The maximum absolute atomic E-state index is 12.3. The third-order valence-electron chi connectivity index (χ3n) is 4.48. The fraction of sp³-hybridized carbons (Fsp3) is 0.0435. The zero-order valence-electron chi connectivity index (χ0n) is 17.1. The van der Waals surface area contributed by atoms with E-state index in [2.05, 4.69) is 36.7 Å². The van der Waals surface area contributed by atoms with Crippen molar-refractivity contribution in [1.82, 2.24) is 20.2 Å². The number of halogens is 1. The van der Waals surface area contributed by atoms with E-state index in [0.29, 0.717) is 16.5 Å². The number of hydrazone groups is 1. The molecular weight excluding hydrogens is 506 g/mol. The number of amides is 1. The molecule has 0 saturated heterocycles. The predicted octanol–water partition coefficient (Wildman–Crippen LogP) is 4.35. The molecular formula is C23H18BrN5O3S. The molecule has 33 heavy (non-hydrogen) atoms. The van der Waals surface area contributed by atoms with Crippen LogP contribution in [0.4, 0.5) is 0 Å². The van der Waals surface area contributed by atoms with Crippen molar-refractivity contribution in [3.05, 3.63) is 82.8 Å². The van der Waals surface area contributed by atoms with Crippen molar-refractivity contribution in [2.75, 3.05) is 5.75 Å². The molecule has 3 aromatic carbocycles. The van der Waals surface area contributed by atoms with Crippen molar-refractivity contribution < 1.29 is 15.0 Å². The highest BCUT2D eigenvalue weighted by Crippen LogP contribution is 2.28. The molecule has 0 atom stereocenters. The largest absolute Gasteiger partial charge is 0.504 e. The molecule has 0 saturated carbocycles. The highest BCUT2D eigenvalue weighted by Gasteiger charge is 2.17. The number of carbonyl (C=O) groups is 1. The number of phenols is 2. The van der Waals surface area contributed by atoms with E-state index in [0.717, 1.165) is 15.7 Å². The van der Waals surface area contributed by atoms with Crippen molar-refractivity contribution in [3.63, 3.8) is 0 Å². The second kappa shape index (κ2) is 10.3. The van der Waals surface area contributed by atoms with Crippen molar-refractivity contribution in [2.45, 2.75) is 5.16 Å². The number of phenolic OH excluding ortho intramolecular Hbond substituents is 2. The maximum Gasteiger partial charge on any atom is 0.250 e. The molecule has 10 heteroatoms. The highest BCUT2D eigenvalue weighted by molar-refractivity contribution is 9.10. The number of carbonyl (C=O) groups excluding carboxylic acids is 1.